The summed E-state index contributed by atoms with van der Waals surface area (Å²) in [7, 11) is 1.88. The molecule has 1 saturated heterocycles. The summed E-state index contributed by atoms with van der Waals surface area (Å²) in [6.45, 7) is 7.31. The SMILES string of the molecule is CNc1ccc(C(=O)N2CC(C)OCC2C)cc1C. The van der Waals surface area contributed by atoms with Crippen molar-refractivity contribution in [3.8, 4) is 0 Å². The Kier molecular flexibility index (Phi) is 4.10. The lowest BCUT2D eigenvalue weighted by atomic mass is 10.1. The second-order valence-corrected chi connectivity index (χ2v) is 5.23. The van der Waals surface area contributed by atoms with Crippen LogP contribution >= 0.6 is 0 Å². The van der Waals surface area contributed by atoms with Crippen LogP contribution < -0.4 is 5.32 Å². The fourth-order valence-corrected chi connectivity index (χ4v) is 2.43. The van der Waals surface area contributed by atoms with Crippen LogP contribution in [0, 0.1) is 6.92 Å². The van der Waals surface area contributed by atoms with Crippen molar-refractivity contribution in [3.63, 3.8) is 0 Å². The number of amides is 1. The Hall–Kier alpha value is -1.55. The summed E-state index contributed by atoms with van der Waals surface area (Å²) in [6, 6.07) is 5.92. The molecule has 1 heterocycles. The highest BCUT2D eigenvalue weighted by atomic mass is 16.5. The van der Waals surface area contributed by atoms with E-state index in [0.29, 0.717) is 13.2 Å². The Bertz CT molecular complexity index is 473. The predicted molar refractivity (Wildman–Crippen MR) is 76.6 cm³/mol. The van der Waals surface area contributed by atoms with E-state index in [9.17, 15) is 4.79 Å². The van der Waals surface area contributed by atoms with Crippen molar-refractivity contribution in [3.05, 3.63) is 29.3 Å². The molecule has 1 aromatic rings. The van der Waals surface area contributed by atoms with Gasteiger partial charge in [0.05, 0.1) is 18.8 Å². The highest BCUT2D eigenvalue weighted by molar-refractivity contribution is 5.95. The summed E-state index contributed by atoms with van der Waals surface area (Å²) in [5.74, 6) is 0.0911. The number of hydrogen-bond donors (Lipinski definition) is 1. The number of carbonyl (C=O) groups is 1. The van der Waals surface area contributed by atoms with Gasteiger partial charge in [-0.15, -0.1) is 0 Å². The normalized spacial score (nSPS) is 23.3. The van der Waals surface area contributed by atoms with E-state index in [1.165, 1.54) is 0 Å². The molecule has 1 aliphatic rings. The first-order valence-electron chi connectivity index (χ1n) is 6.74. The molecule has 0 radical (unpaired) electrons. The molecular formula is C15H22N2O2. The molecule has 0 saturated carbocycles. The van der Waals surface area contributed by atoms with Gasteiger partial charge in [-0.05, 0) is 44.5 Å². The van der Waals surface area contributed by atoms with Crippen LogP contribution in [-0.2, 0) is 4.74 Å². The van der Waals surface area contributed by atoms with Crippen LogP contribution in [0.1, 0.15) is 29.8 Å². The number of rotatable bonds is 2. The van der Waals surface area contributed by atoms with Crippen LogP contribution in [0.4, 0.5) is 5.69 Å². The fraction of sp³-hybridized carbons (Fsp3) is 0.533. The number of ether oxygens (including phenoxy) is 1. The summed E-state index contributed by atoms with van der Waals surface area (Å²) in [5, 5.41) is 3.11. The zero-order chi connectivity index (χ0) is 14.0. The van der Waals surface area contributed by atoms with Crippen molar-refractivity contribution in [2.24, 2.45) is 0 Å². The molecule has 4 nitrogen and oxygen atoms in total. The van der Waals surface area contributed by atoms with E-state index >= 15 is 0 Å². The highest BCUT2D eigenvalue weighted by Crippen LogP contribution is 2.20. The van der Waals surface area contributed by atoms with Crippen molar-refractivity contribution in [1.82, 2.24) is 4.90 Å². The van der Waals surface area contributed by atoms with Gasteiger partial charge in [0, 0.05) is 24.8 Å². The highest BCUT2D eigenvalue weighted by Gasteiger charge is 2.28. The Morgan fingerprint density at radius 3 is 2.79 bits per heavy atom. The van der Waals surface area contributed by atoms with E-state index in [4.69, 9.17) is 4.74 Å². The van der Waals surface area contributed by atoms with Crippen LogP contribution in [0.3, 0.4) is 0 Å². The van der Waals surface area contributed by atoms with E-state index in [0.717, 1.165) is 16.8 Å². The zero-order valence-electron chi connectivity index (χ0n) is 12.1. The molecule has 0 aliphatic carbocycles. The average Bonchev–Trinajstić information content (AvgIpc) is 2.40. The van der Waals surface area contributed by atoms with Gasteiger partial charge in [0.2, 0.25) is 0 Å². The molecule has 2 unspecified atom stereocenters. The molecule has 1 aromatic carbocycles. The van der Waals surface area contributed by atoms with Gasteiger partial charge in [-0.3, -0.25) is 4.79 Å². The van der Waals surface area contributed by atoms with Crippen LogP contribution in [0.15, 0.2) is 18.2 Å². The number of nitrogens with zero attached hydrogens (tertiary/aromatic N) is 1. The van der Waals surface area contributed by atoms with Crippen LogP contribution in [0.5, 0.6) is 0 Å². The summed E-state index contributed by atoms with van der Waals surface area (Å²) < 4.78 is 5.56. The molecule has 104 valence electrons. The van der Waals surface area contributed by atoms with Gasteiger partial charge in [0.15, 0.2) is 0 Å². The van der Waals surface area contributed by atoms with Crippen LogP contribution in [0.2, 0.25) is 0 Å². The number of morpholine rings is 1. The first kappa shape index (κ1) is 13.9. The van der Waals surface area contributed by atoms with E-state index in [2.05, 4.69) is 5.32 Å². The maximum atomic E-state index is 12.6. The lowest BCUT2D eigenvalue weighted by Gasteiger charge is -2.37. The number of anilines is 1. The smallest absolute Gasteiger partial charge is 0.254 e. The third-order valence-electron chi connectivity index (χ3n) is 3.61. The largest absolute Gasteiger partial charge is 0.388 e. The van der Waals surface area contributed by atoms with Gasteiger partial charge in [-0.2, -0.15) is 0 Å². The summed E-state index contributed by atoms with van der Waals surface area (Å²) >= 11 is 0. The van der Waals surface area contributed by atoms with Crippen LogP contribution in [0.25, 0.3) is 0 Å². The van der Waals surface area contributed by atoms with Gasteiger partial charge in [0.1, 0.15) is 0 Å². The van der Waals surface area contributed by atoms with Crippen LogP contribution in [-0.4, -0.2) is 43.2 Å². The molecule has 1 N–H and O–H groups in total. The molecule has 2 atom stereocenters. The quantitative estimate of drug-likeness (QED) is 0.889. The van der Waals surface area contributed by atoms with Gasteiger partial charge in [-0.25, -0.2) is 0 Å². The minimum absolute atomic E-state index is 0.0911. The Morgan fingerprint density at radius 1 is 1.42 bits per heavy atom. The van der Waals surface area contributed by atoms with E-state index in [-0.39, 0.29) is 18.1 Å². The lowest BCUT2D eigenvalue weighted by molar-refractivity contribution is -0.0387. The first-order valence-corrected chi connectivity index (χ1v) is 6.74. The van der Waals surface area contributed by atoms with E-state index in [1.807, 2.05) is 50.9 Å². The van der Waals surface area contributed by atoms with Gasteiger partial charge in [0.25, 0.3) is 5.91 Å². The van der Waals surface area contributed by atoms with Gasteiger partial charge in [-0.1, -0.05) is 0 Å². The molecule has 0 aromatic heterocycles. The predicted octanol–water partition coefficient (Wildman–Crippen LogP) is 2.29. The minimum atomic E-state index is 0.0911. The Labute approximate surface area is 114 Å². The Balaban J connectivity index is 2.21. The number of nitrogens with one attached hydrogen (secondary N) is 1. The van der Waals surface area contributed by atoms with Crippen molar-refractivity contribution in [1.29, 1.82) is 0 Å². The van der Waals surface area contributed by atoms with Crippen molar-refractivity contribution < 1.29 is 9.53 Å². The average molecular weight is 262 g/mol. The maximum Gasteiger partial charge on any atom is 0.254 e. The molecule has 0 bridgehead atoms. The molecule has 19 heavy (non-hydrogen) atoms. The second kappa shape index (κ2) is 5.61. The monoisotopic (exact) mass is 262 g/mol. The van der Waals surface area contributed by atoms with E-state index in [1.54, 1.807) is 0 Å². The second-order valence-electron chi connectivity index (χ2n) is 5.23. The number of hydrogen-bond acceptors (Lipinski definition) is 3. The first-order chi connectivity index (χ1) is 9.02. The van der Waals surface area contributed by atoms with Gasteiger partial charge < -0.3 is 15.0 Å². The van der Waals surface area contributed by atoms with Crippen molar-refractivity contribution in [2.75, 3.05) is 25.5 Å². The summed E-state index contributed by atoms with van der Waals surface area (Å²) in [5.41, 5.74) is 2.89. The van der Waals surface area contributed by atoms with Crippen molar-refractivity contribution in [2.45, 2.75) is 32.9 Å². The molecule has 0 spiro atoms. The number of benzene rings is 1. The molecular weight excluding hydrogens is 240 g/mol. The lowest BCUT2D eigenvalue weighted by Crippen LogP contribution is -2.50. The van der Waals surface area contributed by atoms with Crippen molar-refractivity contribution >= 4 is 11.6 Å². The third-order valence-corrected chi connectivity index (χ3v) is 3.61. The third kappa shape index (κ3) is 2.89. The van der Waals surface area contributed by atoms with E-state index < -0.39 is 0 Å². The maximum absolute atomic E-state index is 12.6. The summed E-state index contributed by atoms with van der Waals surface area (Å²) in [6.07, 6.45) is 0.109. The minimum Gasteiger partial charge on any atom is -0.388 e. The summed E-state index contributed by atoms with van der Waals surface area (Å²) in [4.78, 5) is 14.5. The standard InChI is InChI=1S/C15H22N2O2/c1-10-7-13(5-6-14(10)16-4)15(18)17-8-12(3)19-9-11(17)2/h5-7,11-12,16H,8-9H2,1-4H3. The topological polar surface area (TPSA) is 41.6 Å². The molecule has 1 aliphatic heterocycles. The molecule has 4 heteroatoms. The molecule has 1 fully saturated rings. The fourth-order valence-electron chi connectivity index (χ4n) is 2.43. The van der Waals surface area contributed by atoms with Gasteiger partial charge >= 0.3 is 0 Å². The number of carbonyl (C=O) groups excluding carboxylic acids is 1. The number of aryl methyl sites for hydroxylation is 1. The Morgan fingerprint density at radius 2 is 2.16 bits per heavy atom. The zero-order valence-corrected chi connectivity index (χ0v) is 12.1. The molecule has 2 rings (SSSR count). The molecule has 1 amide bonds.